The molecule has 112 valence electrons. The lowest BCUT2D eigenvalue weighted by Gasteiger charge is -2.28. The van der Waals surface area contributed by atoms with Gasteiger partial charge in [0.05, 0.1) is 19.8 Å². The fourth-order valence-electron chi connectivity index (χ4n) is 2.23. The van der Waals surface area contributed by atoms with Crippen LogP contribution in [0, 0.1) is 0 Å². The van der Waals surface area contributed by atoms with E-state index in [-0.39, 0.29) is 0 Å². The Morgan fingerprint density at radius 3 is 2.29 bits per heavy atom. The minimum absolute atomic E-state index is 0.615. The number of ether oxygens (including phenoxy) is 2. The van der Waals surface area contributed by atoms with E-state index in [4.69, 9.17) is 26.8 Å². The molecule has 0 saturated carbocycles. The van der Waals surface area contributed by atoms with Gasteiger partial charge in [0.15, 0.2) is 11.5 Å². The molecule has 21 heavy (non-hydrogen) atoms. The van der Waals surface area contributed by atoms with Crippen LogP contribution in [0.1, 0.15) is 18.1 Å². The molecule has 1 unspecified atom stereocenters. The topological polar surface area (TPSA) is 44.5 Å². The summed E-state index contributed by atoms with van der Waals surface area (Å²) in [5.74, 6) is 1.30. The summed E-state index contributed by atoms with van der Waals surface area (Å²) in [6, 6.07) is 11.3. The zero-order chi connectivity index (χ0) is 15.6. The number of rotatable bonds is 4. The van der Waals surface area contributed by atoms with Gasteiger partial charge in [-0.3, -0.25) is 0 Å². The zero-order valence-electron chi connectivity index (χ0n) is 12.1. The SMILES string of the molecule is COc1ccc(C(C)(N)c2ccc(Br)cc2Cl)cc1OC. The van der Waals surface area contributed by atoms with Crippen LogP contribution < -0.4 is 15.2 Å². The van der Waals surface area contributed by atoms with Crippen molar-refractivity contribution in [2.45, 2.75) is 12.5 Å². The Hall–Kier alpha value is -1.23. The molecule has 0 fully saturated rings. The molecule has 5 heteroatoms. The molecule has 3 nitrogen and oxygen atoms in total. The first-order valence-electron chi connectivity index (χ1n) is 6.37. The van der Waals surface area contributed by atoms with Crippen molar-refractivity contribution in [3.8, 4) is 11.5 Å². The third kappa shape index (κ3) is 3.18. The standard InChI is InChI=1S/C16H17BrClNO2/c1-16(19,12-6-5-11(17)9-13(12)18)10-4-7-14(20-2)15(8-10)21-3/h4-9H,19H2,1-3H3. The molecule has 0 radical (unpaired) electrons. The van der Waals surface area contributed by atoms with Crippen LogP contribution in [0.3, 0.4) is 0 Å². The highest BCUT2D eigenvalue weighted by atomic mass is 79.9. The van der Waals surface area contributed by atoms with Crippen molar-refractivity contribution >= 4 is 27.5 Å². The van der Waals surface area contributed by atoms with Crippen LogP contribution in [0.2, 0.25) is 5.02 Å². The third-order valence-corrected chi connectivity index (χ3v) is 4.28. The van der Waals surface area contributed by atoms with Crippen LogP contribution in [0.25, 0.3) is 0 Å². The molecule has 0 amide bonds. The highest BCUT2D eigenvalue weighted by Crippen LogP contribution is 2.37. The average molecular weight is 371 g/mol. The summed E-state index contributed by atoms with van der Waals surface area (Å²) >= 11 is 9.73. The Morgan fingerprint density at radius 2 is 1.71 bits per heavy atom. The number of halogens is 2. The molecule has 0 aliphatic rings. The van der Waals surface area contributed by atoms with Crippen LogP contribution in [0.15, 0.2) is 40.9 Å². The number of benzene rings is 2. The van der Waals surface area contributed by atoms with Crippen molar-refractivity contribution in [1.82, 2.24) is 0 Å². The summed E-state index contributed by atoms with van der Waals surface area (Å²) < 4.78 is 11.5. The van der Waals surface area contributed by atoms with Gasteiger partial charge < -0.3 is 15.2 Å². The van der Waals surface area contributed by atoms with Gasteiger partial charge in [0.1, 0.15) is 0 Å². The van der Waals surface area contributed by atoms with Gasteiger partial charge in [-0.1, -0.05) is 39.7 Å². The number of methoxy groups -OCH3 is 2. The normalized spacial score (nSPS) is 13.6. The molecule has 2 N–H and O–H groups in total. The third-order valence-electron chi connectivity index (χ3n) is 3.47. The monoisotopic (exact) mass is 369 g/mol. The predicted molar refractivity (Wildman–Crippen MR) is 89.3 cm³/mol. The minimum atomic E-state index is -0.739. The van der Waals surface area contributed by atoms with Crippen molar-refractivity contribution in [2.75, 3.05) is 14.2 Å². The van der Waals surface area contributed by atoms with Crippen LogP contribution in [0.4, 0.5) is 0 Å². The number of hydrogen-bond acceptors (Lipinski definition) is 3. The average Bonchev–Trinajstić information content (AvgIpc) is 2.46. The molecule has 2 aromatic rings. The van der Waals surface area contributed by atoms with E-state index >= 15 is 0 Å². The summed E-state index contributed by atoms with van der Waals surface area (Å²) in [6.07, 6.45) is 0. The molecular weight excluding hydrogens is 354 g/mol. The lowest BCUT2D eigenvalue weighted by atomic mass is 9.85. The first kappa shape index (κ1) is 16.1. The van der Waals surface area contributed by atoms with E-state index < -0.39 is 5.54 Å². The predicted octanol–water partition coefficient (Wildman–Crippen LogP) is 4.34. The molecule has 2 aromatic carbocycles. The summed E-state index contributed by atoms with van der Waals surface area (Å²) in [5.41, 5.74) is 7.53. The van der Waals surface area contributed by atoms with Crippen molar-refractivity contribution in [3.05, 3.63) is 57.0 Å². The van der Waals surface area contributed by atoms with E-state index in [2.05, 4.69) is 15.9 Å². The first-order chi connectivity index (χ1) is 9.90. The molecule has 0 aromatic heterocycles. The second kappa shape index (κ2) is 6.26. The van der Waals surface area contributed by atoms with E-state index in [1.165, 1.54) is 0 Å². The van der Waals surface area contributed by atoms with Crippen molar-refractivity contribution in [3.63, 3.8) is 0 Å². The van der Waals surface area contributed by atoms with Crippen LogP contribution in [-0.2, 0) is 5.54 Å². The van der Waals surface area contributed by atoms with E-state index in [0.717, 1.165) is 15.6 Å². The fraction of sp³-hybridized carbons (Fsp3) is 0.250. The fourth-order valence-corrected chi connectivity index (χ4v) is 3.10. The maximum absolute atomic E-state index is 6.53. The van der Waals surface area contributed by atoms with E-state index in [1.54, 1.807) is 14.2 Å². The van der Waals surface area contributed by atoms with Gasteiger partial charge in [-0.05, 0) is 42.3 Å². The van der Waals surface area contributed by atoms with Gasteiger partial charge in [-0.25, -0.2) is 0 Å². The summed E-state index contributed by atoms with van der Waals surface area (Å²) in [5, 5.41) is 0.615. The van der Waals surface area contributed by atoms with Crippen molar-refractivity contribution in [1.29, 1.82) is 0 Å². The van der Waals surface area contributed by atoms with E-state index in [0.29, 0.717) is 16.5 Å². The number of hydrogen-bond donors (Lipinski definition) is 1. The van der Waals surface area contributed by atoms with Gasteiger partial charge in [0.25, 0.3) is 0 Å². The molecular formula is C16H17BrClNO2. The lowest BCUT2D eigenvalue weighted by molar-refractivity contribution is 0.353. The van der Waals surface area contributed by atoms with Crippen LogP contribution >= 0.6 is 27.5 Å². The Bertz CT molecular complexity index is 659. The van der Waals surface area contributed by atoms with Gasteiger partial charge >= 0.3 is 0 Å². The molecule has 0 aliphatic carbocycles. The first-order valence-corrected chi connectivity index (χ1v) is 7.54. The van der Waals surface area contributed by atoms with Gasteiger partial charge in [-0.15, -0.1) is 0 Å². The van der Waals surface area contributed by atoms with E-state index in [9.17, 15) is 0 Å². The zero-order valence-corrected chi connectivity index (χ0v) is 14.5. The molecule has 0 saturated heterocycles. The summed E-state index contributed by atoms with van der Waals surface area (Å²) in [6.45, 7) is 1.92. The lowest BCUT2D eigenvalue weighted by Crippen LogP contribution is -2.34. The van der Waals surface area contributed by atoms with Crippen LogP contribution in [-0.4, -0.2) is 14.2 Å². The number of nitrogens with two attached hydrogens (primary N) is 1. The largest absolute Gasteiger partial charge is 0.493 e. The molecule has 0 bridgehead atoms. The smallest absolute Gasteiger partial charge is 0.161 e. The second-order valence-electron chi connectivity index (χ2n) is 4.90. The van der Waals surface area contributed by atoms with Crippen molar-refractivity contribution < 1.29 is 9.47 Å². The highest BCUT2D eigenvalue weighted by molar-refractivity contribution is 9.10. The Balaban J connectivity index is 2.52. The highest BCUT2D eigenvalue weighted by Gasteiger charge is 2.27. The summed E-state index contributed by atoms with van der Waals surface area (Å²) in [4.78, 5) is 0. The molecule has 0 heterocycles. The second-order valence-corrected chi connectivity index (χ2v) is 6.22. The van der Waals surface area contributed by atoms with Gasteiger partial charge in [-0.2, -0.15) is 0 Å². The van der Waals surface area contributed by atoms with Crippen molar-refractivity contribution in [2.24, 2.45) is 5.73 Å². The maximum atomic E-state index is 6.53. The summed E-state index contributed by atoms with van der Waals surface area (Å²) in [7, 11) is 3.20. The Kier molecular flexibility index (Phi) is 4.81. The van der Waals surface area contributed by atoms with Crippen LogP contribution in [0.5, 0.6) is 11.5 Å². The van der Waals surface area contributed by atoms with Gasteiger partial charge in [0.2, 0.25) is 0 Å². The molecule has 0 aliphatic heterocycles. The van der Waals surface area contributed by atoms with E-state index in [1.807, 2.05) is 43.3 Å². The van der Waals surface area contributed by atoms with Gasteiger partial charge in [0, 0.05) is 9.50 Å². The molecule has 2 rings (SSSR count). The minimum Gasteiger partial charge on any atom is -0.493 e. The maximum Gasteiger partial charge on any atom is 0.161 e. The Labute approximate surface area is 138 Å². The quantitative estimate of drug-likeness (QED) is 0.870. The Morgan fingerprint density at radius 1 is 1.05 bits per heavy atom. The molecule has 0 spiro atoms. The molecule has 1 atom stereocenters.